The van der Waals surface area contributed by atoms with E-state index in [0.717, 1.165) is 41.0 Å². The predicted molar refractivity (Wildman–Crippen MR) is 143 cm³/mol. The van der Waals surface area contributed by atoms with Crippen LogP contribution in [-0.2, 0) is 11.3 Å². The fraction of sp³-hybridized carbons (Fsp3) is 0.267. The summed E-state index contributed by atoms with van der Waals surface area (Å²) < 4.78 is 13.4. The monoisotopic (exact) mass is 500 g/mol. The van der Waals surface area contributed by atoms with Gasteiger partial charge in [-0.1, -0.05) is 67.9 Å². The van der Waals surface area contributed by atoms with E-state index in [4.69, 9.17) is 0 Å². The molecule has 36 heavy (non-hydrogen) atoms. The summed E-state index contributed by atoms with van der Waals surface area (Å²) in [5.41, 5.74) is 3.18. The first-order valence-corrected chi connectivity index (χ1v) is 13.3. The van der Waals surface area contributed by atoms with Crippen LogP contribution in [0.15, 0.2) is 82.6 Å². The minimum atomic E-state index is -0.300. The van der Waals surface area contributed by atoms with E-state index in [-0.39, 0.29) is 23.7 Å². The lowest BCUT2D eigenvalue weighted by Gasteiger charge is -2.30. The highest BCUT2D eigenvalue weighted by molar-refractivity contribution is 8.04. The molecule has 1 aliphatic carbocycles. The average molecular weight is 501 g/mol. The lowest BCUT2D eigenvalue weighted by atomic mass is 9.86. The van der Waals surface area contributed by atoms with Crippen molar-refractivity contribution in [2.75, 3.05) is 4.90 Å². The molecule has 0 unspecified atom stereocenters. The summed E-state index contributed by atoms with van der Waals surface area (Å²) in [5, 5.41) is 3.19. The molecule has 0 aromatic heterocycles. The van der Waals surface area contributed by atoms with Crippen LogP contribution in [0.25, 0.3) is 6.08 Å². The van der Waals surface area contributed by atoms with Gasteiger partial charge in [0.05, 0.1) is 17.1 Å². The molecule has 0 bridgehead atoms. The van der Waals surface area contributed by atoms with Gasteiger partial charge < -0.3 is 10.2 Å². The van der Waals surface area contributed by atoms with Crippen molar-refractivity contribution in [3.05, 3.63) is 100 Å². The van der Waals surface area contributed by atoms with Gasteiger partial charge >= 0.3 is 0 Å². The molecule has 1 saturated carbocycles. The van der Waals surface area contributed by atoms with Gasteiger partial charge in [-0.2, -0.15) is 0 Å². The number of carbonyl (C=O) groups excluding carboxylic acids is 2. The van der Waals surface area contributed by atoms with Gasteiger partial charge in [-0.15, -0.1) is 0 Å². The van der Waals surface area contributed by atoms with Gasteiger partial charge in [-0.25, -0.2) is 4.39 Å². The summed E-state index contributed by atoms with van der Waals surface area (Å²) in [4.78, 5) is 29.6. The topological polar surface area (TPSA) is 49.4 Å². The zero-order valence-electron chi connectivity index (χ0n) is 20.2. The highest BCUT2D eigenvalue weighted by Crippen LogP contribution is 2.42. The number of halogens is 1. The summed E-state index contributed by atoms with van der Waals surface area (Å²) in [6.45, 7) is 2.56. The Labute approximate surface area is 215 Å². The molecule has 1 heterocycles. The Morgan fingerprint density at radius 1 is 1.03 bits per heavy atom. The third-order valence-corrected chi connectivity index (χ3v) is 8.06. The summed E-state index contributed by atoms with van der Waals surface area (Å²) in [7, 11) is 0. The number of rotatable bonds is 5. The fourth-order valence-electron chi connectivity index (χ4n) is 4.86. The van der Waals surface area contributed by atoms with Crippen molar-refractivity contribution in [1.82, 2.24) is 5.32 Å². The number of fused-ring (bicyclic) bond motifs is 1. The largest absolute Gasteiger partial charge is 0.349 e. The number of benzene rings is 3. The van der Waals surface area contributed by atoms with E-state index in [2.05, 4.69) is 12.2 Å². The molecule has 5 rings (SSSR count). The standard InChI is InChI=1S/C30H29FN2O2S/c1-20-6-2-3-7-25(20)32-29(34)23-14-10-21(11-15-23)18-28-30(35)33(19-22-12-16-24(31)17-13-22)26-8-4-5-9-27(26)36-28/h4-5,8-18,20,25H,2-3,6-7,19H2,1H3,(H,32,34)/b28-18-/t20-,25+/m1/s1. The number of carbonyl (C=O) groups is 2. The highest BCUT2D eigenvalue weighted by Gasteiger charge is 2.29. The Morgan fingerprint density at radius 2 is 1.75 bits per heavy atom. The first kappa shape index (κ1) is 24.3. The van der Waals surface area contributed by atoms with Crippen LogP contribution >= 0.6 is 11.8 Å². The Morgan fingerprint density at radius 3 is 2.50 bits per heavy atom. The molecule has 2 aliphatic rings. The molecule has 6 heteroatoms. The maximum atomic E-state index is 13.5. The number of hydrogen-bond donors (Lipinski definition) is 1. The SMILES string of the molecule is C[C@@H]1CCCC[C@@H]1NC(=O)c1ccc(/C=C2\Sc3ccccc3N(Cc3ccc(F)cc3)C2=O)cc1. The zero-order valence-corrected chi connectivity index (χ0v) is 21.1. The minimum absolute atomic E-state index is 0.0459. The Kier molecular flexibility index (Phi) is 7.23. The molecule has 1 aliphatic heterocycles. The minimum Gasteiger partial charge on any atom is -0.349 e. The van der Waals surface area contributed by atoms with E-state index in [9.17, 15) is 14.0 Å². The lowest BCUT2D eigenvalue weighted by molar-refractivity contribution is -0.114. The van der Waals surface area contributed by atoms with Gasteiger partial charge in [0.1, 0.15) is 5.82 Å². The van der Waals surface area contributed by atoms with Crippen LogP contribution in [0.3, 0.4) is 0 Å². The molecular formula is C30H29FN2O2S. The number of nitrogens with one attached hydrogen (secondary N) is 1. The number of thioether (sulfide) groups is 1. The van der Waals surface area contributed by atoms with Crippen molar-refractivity contribution in [3.8, 4) is 0 Å². The lowest BCUT2D eigenvalue weighted by Crippen LogP contribution is -2.41. The van der Waals surface area contributed by atoms with Crippen LogP contribution in [0, 0.1) is 11.7 Å². The van der Waals surface area contributed by atoms with Crippen molar-refractivity contribution in [2.45, 2.75) is 50.1 Å². The molecule has 3 aromatic carbocycles. The van der Waals surface area contributed by atoms with Gasteiger partial charge in [0.25, 0.3) is 11.8 Å². The Bertz CT molecular complexity index is 1290. The van der Waals surface area contributed by atoms with Crippen molar-refractivity contribution in [3.63, 3.8) is 0 Å². The maximum absolute atomic E-state index is 13.5. The van der Waals surface area contributed by atoms with E-state index in [1.807, 2.05) is 54.6 Å². The van der Waals surface area contributed by atoms with E-state index in [0.29, 0.717) is 22.9 Å². The van der Waals surface area contributed by atoms with Gasteiger partial charge in [0, 0.05) is 16.5 Å². The van der Waals surface area contributed by atoms with E-state index in [1.165, 1.54) is 30.3 Å². The molecule has 2 atom stereocenters. The summed E-state index contributed by atoms with van der Waals surface area (Å²) in [5.74, 6) is 0.0547. The number of anilines is 1. The zero-order chi connectivity index (χ0) is 25.1. The van der Waals surface area contributed by atoms with Crippen molar-refractivity contribution in [1.29, 1.82) is 0 Å². The molecular weight excluding hydrogens is 471 g/mol. The highest BCUT2D eigenvalue weighted by atomic mass is 32.2. The quantitative estimate of drug-likeness (QED) is 0.391. The molecule has 3 aromatic rings. The Hall–Kier alpha value is -3.38. The summed E-state index contributed by atoms with van der Waals surface area (Å²) >= 11 is 1.44. The van der Waals surface area contributed by atoms with Crippen molar-refractivity contribution < 1.29 is 14.0 Å². The third-order valence-electron chi connectivity index (χ3n) is 6.98. The maximum Gasteiger partial charge on any atom is 0.265 e. The Balaban J connectivity index is 1.35. The second-order valence-electron chi connectivity index (χ2n) is 9.56. The van der Waals surface area contributed by atoms with Crippen LogP contribution in [-0.4, -0.2) is 17.9 Å². The van der Waals surface area contributed by atoms with Crippen LogP contribution in [0.4, 0.5) is 10.1 Å². The fourth-order valence-corrected chi connectivity index (χ4v) is 5.91. The molecule has 2 amide bonds. The molecule has 0 saturated heterocycles. The molecule has 1 fully saturated rings. The number of nitrogens with zero attached hydrogens (tertiary/aromatic N) is 1. The molecule has 4 nitrogen and oxygen atoms in total. The van der Waals surface area contributed by atoms with Crippen LogP contribution in [0.5, 0.6) is 0 Å². The molecule has 0 spiro atoms. The normalized spacial score (nSPS) is 20.8. The molecule has 184 valence electrons. The van der Waals surface area contributed by atoms with Gasteiger partial charge in [-0.3, -0.25) is 9.59 Å². The molecule has 0 radical (unpaired) electrons. The van der Waals surface area contributed by atoms with Gasteiger partial charge in [0.15, 0.2) is 0 Å². The van der Waals surface area contributed by atoms with E-state index < -0.39 is 0 Å². The first-order valence-electron chi connectivity index (χ1n) is 12.4. The molecule has 1 N–H and O–H groups in total. The predicted octanol–water partition coefficient (Wildman–Crippen LogP) is 6.81. The number of para-hydroxylation sites is 1. The second kappa shape index (κ2) is 10.7. The average Bonchev–Trinajstić information content (AvgIpc) is 2.89. The van der Waals surface area contributed by atoms with Gasteiger partial charge in [-0.05, 0) is 72.4 Å². The van der Waals surface area contributed by atoms with E-state index in [1.54, 1.807) is 17.0 Å². The summed E-state index contributed by atoms with van der Waals surface area (Å²) in [6, 6.07) is 21.6. The van der Waals surface area contributed by atoms with Crippen molar-refractivity contribution in [2.24, 2.45) is 5.92 Å². The van der Waals surface area contributed by atoms with Crippen molar-refractivity contribution >= 4 is 35.3 Å². The van der Waals surface area contributed by atoms with Crippen LogP contribution in [0.2, 0.25) is 0 Å². The van der Waals surface area contributed by atoms with E-state index >= 15 is 0 Å². The summed E-state index contributed by atoms with van der Waals surface area (Å²) in [6.07, 6.45) is 6.45. The number of hydrogen-bond acceptors (Lipinski definition) is 3. The second-order valence-corrected chi connectivity index (χ2v) is 10.6. The number of amides is 2. The van der Waals surface area contributed by atoms with Gasteiger partial charge in [0.2, 0.25) is 0 Å². The van der Waals surface area contributed by atoms with Crippen LogP contribution < -0.4 is 10.2 Å². The first-order chi connectivity index (χ1) is 17.5. The smallest absolute Gasteiger partial charge is 0.265 e. The van der Waals surface area contributed by atoms with Crippen LogP contribution in [0.1, 0.15) is 54.1 Å². The third kappa shape index (κ3) is 5.39.